The highest BCUT2D eigenvalue weighted by atomic mass is 15.3. The number of H-pyrrole nitrogens is 5. The van der Waals surface area contributed by atoms with Gasteiger partial charge >= 0.3 is 0 Å². The van der Waals surface area contributed by atoms with Gasteiger partial charge in [-0.05, 0) is 125 Å². The minimum atomic E-state index is 0.659. The SMILES string of the molecule is CC(C)C.CC(C)C.CC(C)C.CC(C)C.CC(C)C.CC(C)C.CC(C)C.CC(C)C.CC(C)C.CC(C)C.CC(C)C.CC(C)c1ccccc1.c1c[nH]cn1.c1cc[nH]c1.c1ccncc1.c1ccnnc1.c1cn[nH]c1.c1cn[nH]n1.c1cnccn1.c1cncnc1.c1cnncn1.c1nc[nH]n1.c1ncncn1. The van der Waals surface area contributed by atoms with E-state index in [9.17, 15) is 0 Å². The van der Waals surface area contributed by atoms with E-state index in [2.05, 4.69) is 388 Å². The second-order valence-electron chi connectivity index (χ2n) is 30.7. The largest absolute Gasteiger partial charge is 0.368 e. The van der Waals surface area contributed by atoms with Crippen LogP contribution in [-0.2, 0) is 0 Å². The van der Waals surface area contributed by atoms with Crippen LogP contribution in [0.25, 0.3) is 0 Å². The highest BCUT2D eigenvalue weighted by molar-refractivity contribution is 5.17. The van der Waals surface area contributed by atoms with E-state index in [1.54, 1.807) is 118 Å². The monoisotopic (exact) mass is 1580 g/mol. The third-order valence-corrected chi connectivity index (χ3v) is 6.25. The second kappa shape index (κ2) is 118. The smallest absolute Gasteiger partial charge is 0.138 e. The van der Waals surface area contributed by atoms with Gasteiger partial charge < -0.3 is 9.97 Å². The predicted octanol–water partition coefficient (Wildman–Crippen LogP) is 24.8. The summed E-state index contributed by atoms with van der Waals surface area (Å²) in [5.74, 6) is 9.83. The molecule has 0 saturated heterocycles. The summed E-state index contributed by atoms with van der Waals surface area (Å²) in [6.07, 6.45) is 45.4. The summed E-state index contributed by atoms with van der Waals surface area (Å²) in [5, 5.41) is 35.5. The first-order valence-electron chi connectivity index (χ1n) is 39.5. The molecule has 0 aliphatic heterocycles. The van der Waals surface area contributed by atoms with Crippen molar-refractivity contribution in [3.63, 3.8) is 0 Å². The summed E-state index contributed by atoms with van der Waals surface area (Å²) in [6.45, 7) is 75.9. The van der Waals surface area contributed by atoms with Gasteiger partial charge in [0, 0.05) is 105 Å². The molecule has 0 aliphatic rings. The van der Waals surface area contributed by atoms with Crippen molar-refractivity contribution in [2.75, 3.05) is 0 Å². The first-order valence-corrected chi connectivity index (χ1v) is 39.5. The highest BCUT2D eigenvalue weighted by Crippen LogP contribution is 2.11. The summed E-state index contributed by atoms with van der Waals surface area (Å²) in [4.78, 5) is 45.7. The lowest BCUT2D eigenvalue weighted by Gasteiger charge is -2.01. The maximum absolute atomic E-state index is 3.78. The second-order valence-corrected chi connectivity index (χ2v) is 30.7. The average Bonchev–Trinajstić information content (AvgIpc) is 1.12. The van der Waals surface area contributed by atoms with Crippen molar-refractivity contribution in [2.45, 2.75) is 248 Å². The van der Waals surface area contributed by atoms with Crippen LogP contribution in [0.1, 0.15) is 254 Å². The van der Waals surface area contributed by atoms with Gasteiger partial charge in [-0.2, -0.15) is 40.9 Å². The molecule has 5 N–H and O–H groups in total. The highest BCUT2D eigenvalue weighted by Gasteiger charge is 1.93. The number of rotatable bonds is 1. The zero-order valence-corrected chi connectivity index (χ0v) is 77.7. The van der Waals surface area contributed by atoms with Crippen LogP contribution < -0.4 is 0 Å². The van der Waals surface area contributed by atoms with Gasteiger partial charge in [0.05, 0.1) is 24.9 Å². The Hall–Kier alpha value is -10.4. The van der Waals surface area contributed by atoms with Gasteiger partial charge in [-0.1, -0.05) is 279 Å². The van der Waals surface area contributed by atoms with Crippen LogP contribution in [0.2, 0.25) is 0 Å². The van der Waals surface area contributed by atoms with Crippen molar-refractivity contribution in [3.05, 3.63) is 265 Å². The number of nitrogens with one attached hydrogen (secondary N) is 5. The van der Waals surface area contributed by atoms with E-state index in [1.165, 1.54) is 56.1 Å². The number of nitrogens with zero attached hydrogens (tertiary/aromatic N) is 19. The van der Waals surface area contributed by atoms with E-state index in [0.29, 0.717) is 5.92 Å². The molecule has 0 spiro atoms. The zero-order valence-electron chi connectivity index (χ0n) is 77.7. The Bertz CT molecular complexity index is 2300. The predicted molar refractivity (Wildman–Crippen MR) is 487 cm³/mol. The molecule has 0 unspecified atom stereocenters. The number of hydrogen-bond acceptors (Lipinski definition) is 19. The topological polar surface area (TPSA) is 324 Å². The zero-order chi connectivity index (χ0) is 89.2. The normalized spacial score (nSPS) is 8.55. The molecule has 0 amide bonds. The Labute approximate surface area is 695 Å². The van der Waals surface area contributed by atoms with Crippen molar-refractivity contribution in [1.29, 1.82) is 0 Å². The molecule has 11 aromatic heterocycles. The Balaban J connectivity index is -0.000000109. The molecule has 0 bridgehead atoms. The van der Waals surface area contributed by atoms with E-state index >= 15 is 0 Å². The molecule has 24 nitrogen and oxygen atoms in total. The minimum Gasteiger partial charge on any atom is -0.368 e. The number of pyridine rings is 1. The van der Waals surface area contributed by atoms with E-state index in [-0.39, 0.29) is 0 Å². The lowest BCUT2D eigenvalue weighted by atomic mass is 10.0. The van der Waals surface area contributed by atoms with Crippen LogP contribution in [0.3, 0.4) is 0 Å². The number of aromatic amines is 5. The number of aromatic nitrogens is 24. The fourth-order valence-corrected chi connectivity index (χ4v) is 3.36. The molecular weight excluding hydrogens is 1420 g/mol. The van der Waals surface area contributed by atoms with E-state index in [0.717, 1.165) is 65.1 Å². The fourth-order valence-electron chi connectivity index (χ4n) is 3.36. The maximum Gasteiger partial charge on any atom is 0.138 e. The first-order chi connectivity index (χ1) is 53.9. The summed E-state index contributed by atoms with van der Waals surface area (Å²) in [6, 6.07) is 27.4. The average molecular weight is 1580 g/mol. The minimum absolute atomic E-state index is 0.659. The lowest BCUT2D eigenvalue weighted by molar-refractivity contribution is 0.736. The number of benzene rings is 1. The lowest BCUT2D eigenvalue weighted by Crippen LogP contribution is -1.83. The Morgan fingerprint density at radius 1 is 0.193 bits per heavy atom. The van der Waals surface area contributed by atoms with E-state index in [1.807, 2.05) is 67.0 Å². The third kappa shape index (κ3) is 262. The molecule has 0 fully saturated rings. The van der Waals surface area contributed by atoms with Crippen LogP contribution in [-0.4, -0.2) is 121 Å². The molecule has 11 heterocycles. The van der Waals surface area contributed by atoms with Crippen LogP contribution in [0, 0.1) is 65.1 Å². The summed E-state index contributed by atoms with van der Waals surface area (Å²) in [7, 11) is 0. The molecule has 0 saturated carbocycles. The van der Waals surface area contributed by atoms with Crippen LogP contribution in [0.15, 0.2) is 259 Å². The van der Waals surface area contributed by atoms with Gasteiger partial charge in [0.2, 0.25) is 0 Å². The van der Waals surface area contributed by atoms with E-state index in [4.69, 9.17) is 0 Å². The van der Waals surface area contributed by atoms with Crippen molar-refractivity contribution >= 4 is 0 Å². The fraction of sp³-hybridized carbons (Fsp3) is 0.522. The molecule has 0 radical (unpaired) electrons. The van der Waals surface area contributed by atoms with Crippen LogP contribution >= 0.6 is 0 Å². The van der Waals surface area contributed by atoms with Crippen molar-refractivity contribution in [1.82, 2.24) is 121 Å². The maximum atomic E-state index is 3.78. The van der Waals surface area contributed by atoms with Gasteiger partial charge in [-0.15, -0.1) is 5.10 Å². The van der Waals surface area contributed by atoms with Crippen LogP contribution in [0.5, 0.6) is 0 Å². The van der Waals surface area contributed by atoms with Gasteiger partial charge in [0.1, 0.15) is 44.3 Å². The number of imidazole rings is 1. The van der Waals surface area contributed by atoms with Gasteiger partial charge in [0.15, 0.2) is 0 Å². The third-order valence-electron chi connectivity index (χ3n) is 6.25. The summed E-state index contributed by atoms with van der Waals surface area (Å²) >= 11 is 0. The molecule has 1 aromatic carbocycles. The molecule has 12 rings (SSSR count). The van der Waals surface area contributed by atoms with Gasteiger partial charge in [0.25, 0.3) is 0 Å². The molecule has 12 aromatic rings. The van der Waals surface area contributed by atoms with E-state index < -0.39 is 0 Å². The Kier molecular flexibility index (Phi) is 132. The molecular formula is C90H164N24. The molecule has 644 valence electrons. The Morgan fingerprint density at radius 2 is 0.535 bits per heavy atom. The molecule has 24 heteroatoms. The summed E-state index contributed by atoms with van der Waals surface area (Å²) in [5.41, 5.74) is 1.41. The molecule has 0 atom stereocenters. The molecule has 114 heavy (non-hydrogen) atoms. The number of hydrogen-bond donors (Lipinski definition) is 5. The van der Waals surface area contributed by atoms with Gasteiger partial charge in [-0.25, -0.2) is 39.9 Å². The van der Waals surface area contributed by atoms with Crippen molar-refractivity contribution < 1.29 is 0 Å². The first kappa shape index (κ1) is 127. The standard InChI is InChI=1S/C9H12.C5H5N.3C4H4N2.C4H5N.11C4H10.2C3H3N3.2C3H4N2.2C2H3N3/c1-8(2)9-6-4-3-5-7-9;1-2-4-6-5-3-1;1-2-6-4-3-5-1;1-2-5-4-6-3-1;1-2-4-6-5-3-1;1-2-4-5-3-1;11*1-4(2)3;1-4-2-6-3-5-1;1-2-5-6-3-4-1;1-2-5-3-4-1;1-2-4-5-3-1;1-3-2-5-4-1;1-2-4-5-3-1/h3-8H,1-2H3;1-5H;3*1-4H;1-5H;11*4H,1-3H3;2*1-3H;2*1-3H,(H,4,5);2*1-2H,(H,3,4,5). The molecule has 0 aliphatic carbocycles. The van der Waals surface area contributed by atoms with Gasteiger partial charge in [-0.3, -0.25) is 25.1 Å². The van der Waals surface area contributed by atoms with Crippen molar-refractivity contribution in [3.8, 4) is 0 Å². The van der Waals surface area contributed by atoms with Crippen molar-refractivity contribution in [2.24, 2.45) is 65.1 Å². The summed E-state index contributed by atoms with van der Waals surface area (Å²) < 4.78 is 0. The Morgan fingerprint density at radius 3 is 0.658 bits per heavy atom. The van der Waals surface area contributed by atoms with Crippen LogP contribution in [0.4, 0.5) is 0 Å². The quantitative estimate of drug-likeness (QED) is 0.102.